The van der Waals surface area contributed by atoms with Gasteiger partial charge >= 0.3 is 0 Å². The first-order valence-electron chi connectivity index (χ1n) is 6.17. The van der Waals surface area contributed by atoms with Crippen LogP contribution in [0.25, 0.3) is 11.0 Å². The van der Waals surface area contributed by atoms with Crippen LogP contribution in [0.4, 0.5) is 0 Å². The fourth-order valence-corrected chi connectivity index (χ4v) is 2.51. The highest BCUT2D eigenvalue weighted by atomic mass is 32.1. The molecular weight excluding hydrogens is 258 g/mol. The van der Waals surface area contributed by atoms with Crippen LogP contribution >= 0.6 is 12.2 Å². The van der Waals surface area contributed by atoms with E-state index in [0.29, 0.717) is 0 Å². The standard InChI is InChI=1S/C13H15N5S/c1-9-3-4-11-10(7-9)15-13(19)18(11)6-5-12-14-8-17(2)16-12/h3-4,7-8H,5-6H2,1-2H3,(H,15,19). The Bertz CT molecular complexity index is 780. The highest BCUT2D eigenvalue weighted by Gasteiger charge is 2.06. The number of imidazole rings is 1. The van der Waals surface area contributed by atoms with E-state index < -0.39 is 0 Å². The minimum absolute atomic E-state index is 0.747. The van der Waals surface area contributed by atoms with Gasteiger partial charge in [0.05, 0.1) is 11.0 Å². The predicted octanol–water partition coefficient (Wildman–Crippen LogP) is 2.38. The van der Waals surface area contributed by atoms with E-state index in [1.54, 1.807) is 11.0 Å². The normalized spacial score (nSPS) is 11.3. The number of hydrogen-bond donors (Lipinski definition) is 1. The SMILES string of the molecule is Cc1ccc2c(c1)[nH]c(=S)n2CCc1ncn(C)n1. The molecule has 0 unspecified atom stereocenters. The first kappa shape index (κ1) is 12.1. The van der Waals surface area contributed by atoms with Gasteiger partial charge < -0.3 is 9.55 Å². The number of aromatic nitrogens is 5. The van der Waals surface area contributed by atoms with Crippen LogP contribution in [0.3, 0.4) is 0 Å². The van der Waals surface area contributed by atoms with Crippen LogP contribution in [-0.4, -0.2) is 24.3 Å². The molecule has 2 aromatic heterocycles. The predicted molar refractivity (Wildman–Crippen MR) is 76.6 cm³/mol. The van der Waals surface area contributed by atoms with Crippen molar-refractivity contribution in [1.82, 2.24) is 24.3 Å². The van der Waals surface area contributed by atoms with Crippen molar-refractivity contribution in [3.8, 4) is 0 Å². The first-order valence-corrected chi connectivity index (χ1v) is 6.58. The van der Waals surface area contributed by atoms with E-state index in [-0.39, 0.29) is 0 Å². The largest absolute Gasteiger partial charge is 0.331 e. The van der Waals surface area contributed by atoms with Crippen molar-refractivity contribution in [2.45, 2.75) is 19.9 Å². The Labute approximate surface area is 115 Å². The molecule has 3 rings (SSSR count). The van der Waals surface area contributed by atoms with Crippen molar-refractivity contribution in [3.63, 3.8) is 0 Å². The number of rotatable bonds is 3. The van der Waals surface area contributed by atoms with Gasteiger partial charge in [-0.05, 0) is 36.8 Å². The van der Waals surface area contributed by atoms with Crippen molar-refractivity contribution in [2.75, 3.05) is 0 Å². The number of H-pyrrole nitrogens is 1. The fourth-order valence-electron chi connectivity index (χ4n) is 2.21. The van der Waals surface area contributed by atoms with Crippen molar-refractivity contribution >= 4 is 23.3 Å². The van der Waals surface area contributed by atoms with E-state index in [2.05, 4.69) is 44.8 Å². The number of benzene rings is 1. The molecule has 1 aromatic carbocycles. The molecule has 1 N–H and O–H groups in total. The van der Waals surface area contributed by atoms with Gasteiger partial charge in [-0.3, -0.25) is 4.68 Å². The lowest BCUT2D eigenvalue weighted by Gasteiger charge is -2.02. The Morgan fingerprint density at radius 2 is 2.21 bits per heavy atom. The topological polar surface area (TPSA) is 51.4 Å². The molecule has 2 heterocycles. The number of aromatic amines is 1. The van der Waals surface area contributed by atoms with Crippen molar-refractivity contribution < 1.29 is 0 Å². The van der Waals surface area contributed by atoms with Gasteiger partial charge in [0.2, 0.25) is 0 Å². The average Bonchev–Trinajstić information content (AvgIpc) is 2.89. The Balaban J connectivity index is 1.92. The van der Waals surface area contributed by atoms with Crippen LogP contribution in [0, 0.1) is 11.7 Å². The van der Waals surface area contributed by atoms with Crippen molar-refractivity contribution in [1.29, 1.82) is 0 Å². The molecule has 0 spiro atoms. The summed E-state index contributed by atoms with van der Waals surface area (Å²) in [5.74, 6) is 0.839. The summed E-state index contributed by atoms with van der Waals surface area (Å²) in [6.45, 7) is 2.86. The minimum atomic E-state index is 0.747. The Morgan fingerprint density at radius 1 is 1.37 bits per heavy atom. The molecule has 0 fully saturated rings. The summed E-state index contributed by atoms with van der Waals surface area (Å²) in [4.78, 5) is 7.47. The summed E-state index contributed by atoms with van der Waals surface area (Å²) in [7, 11) is 1.87. The lowest BCUT2D eigenvalue weighted by Crippen LogP contribution is -2.03. The second kappa shape index (κ2) is 4.62. The van der Waals surface area contributed by atoms with E-state index in [1.165, 1.54) is 5.56 Å². The third kappa shape index (κ3) is 2.31. The van der Waals surface area contributed by atoms with Gasteiger partial charge in [-0.1, -0.05) is 6.07 Å². The molecule has 3 aromatic rings. The Hall–Kier alpha value is -1.95. The third-order valence-electron chi connectivity index (χ3n) is 3.14. The molecule has 0 saturated carbocycles. The van der Waals surface area contributed by atoms with E-state index in [4.69, 9.17) is 12.2 Å². The number of nitrogens with one attached hydrogen (secondary N) is 1. The van der Waals surface area contributed by atoms with E-state index in [9.17, 15) is 0 Å². The first-order chi connectivity index (χ1) is 9.13. The molecule has 0 radical (unpaired) electrons. The lowest BCUT2D eigenvalue weighted by atomic mass is 10.2. The second-order valence-corrected chi connectivity index (χ2v) is 5.07. The average molecular weight is 273 g/mol. The maximum atomic E-state index is 5.38. The van der Waals surface area contributed by atoms with E-state index >= 15 is 0 Å². The zero-order chi connectivity index (χ0) is 13.4. The molecule has 0 aliphatic carbocycles. The maximum Gasteiger partial charge on any atom is 0.178 e. The Morgan fingerprint density at radius 3 is 2.95 bits per heavy atom. The summed E-state index contributed by atoms with van der Waals surface area (Å²) in [6, 6.07) is 6.31. The Kier molecular flexibility index (Phi) is 2.94. The number of nitrogens with zero attached hydrogens (tertiary/aromatic N) is 4. The summed E-state index contributed by atoms with van der Waals surface area (Å²) in [5.41, 5.74) is 3.44. The minimum Gasteiger partial charge on any atom is -0.331 e. The van der Waals surface area contributed by atoms with Gasteiger partial charge in [0, 0.05) is 20.0 Å². The number of fused-ring (bicyclic) bond motifs is 1. The molecule has 5 nitrogen and oxygen atoms in total. The van der Waals surface area contributed by atoms with Crippen LogP contribution in [0.2, 0.25) is 0 Å². The van der Waals surface area contributed by atoms with Gasteiger partial charge in [0.1, 0.15) is 6.33 Å². The smallest absolute Gasteiger partial charge is 0.178 e. The molecule has 0 amide bonds. The summed E-state index contributed by atoms with van der Waals surface area (Å²) >= 11 is 5.38. The van der Waals surface area contributed by atoms with Gasteiger partial charge in [0.25, 0.3) is 0 Å². The lowest BCUT2D eigenvalue weighted by molar-refractivity contribution is 0.666. The molecule has 0 aliphatic heterocycles. The zero-order valence-electron chi connectivity index (χ0n) is 10.9. The number of aryl methyl sites for hydroxylation is 4. The van der Waals surface area contributed by atoms with Crippen LogP contribution in [0.5, 0.6) is 0 Å². The van der Waals surface area contributed by atoms with Gasteiger partial charge in [-0.2, -0.15) is 5.10 Å². The van der Waals surface area contributed by atoms with Crippen LogP contribution in [-0.2, 0) is 20.0 Å². The molecule has 0 bridgehead atoms. The molecular formula is C13H15N5S. The molecule has 0 aliphatic rings. The summed E-state index contributed by atoms with van der Waals surface area (Å²) in [5, 5.41) is 4.28. The van der Waals surface area contributed by atoms with Crippen molar-refractivity contribution in [2.24, 2.45) is 7.05 Å². The van der Waals surface area contributed by atoms with Crippen LogP contribution < -0.4 is 0 Å². The summed E-state index contributed by atoms with van der Waals surface area (Å²) in [6.07, 6.45) is 2.49. The molecule has 19 heavy (non-hydrogen) atoms. The van der Waals surface area contributed by atoms with Gasteiger partial charge in [-0.25, -0.2) is 4.98 Å². The zero-order valence-corrected chi connectivity index (χ0v) is 11.7. The van der Waals surface area contributed by atoms with Gasteiger partial charge in [-0.15, -0.1) is 0 Å². The molecule has 6 heteroatoms. The van der Waals surface area contributed by atoms with Gasteiger partial charge in [0.15, 0.2) is 10.6 Å². The quantitative estimate of drug-likeness (QED) is 0.745. The van der Waals surface area contributed by atoms with Crippen molar-refractivity contribution in [3.05, 3.63) is 40.7 Å². The highest BCUT2D eigenvalue weighted by molar-refractivity contribution is 7.71. The second-order valence-electron chi connectivity index (χ2n) is 4.69. The van der Waals surface area contributed by atoms with Crippen LogP contribution in [0.1, 0.15) is 11.4 Å². The number of hydrogen-bond acceptors (Lipinski definition) is 3. The fraction of sp³-hybridized carbons (Fsp3) is 0.308. The highest BCUT2D eigenvalue weighted by Crippen LogP contribution is 2.16. The summed E-state index contributed by atoms with van der Waals surface area (Å²) < 4.78 is 4.56. The monoisotopic (exact) mass is 273 g/mol. The van der Waals surface area contributed by atoms with E-state index in [1.807, 2.05) is 7.05 Å². The molecule has 0 atom stereocenters. The third-order valence-corrected chi connectivity index (χ3v) is 3.46. The van der Waals surface area contributed by atoms with E-state index in [0.717, 1.165) is 34.6 Å². The molecule has 98 valence electrons. The maximum absolute atomic E-state index is 5.38. The van der Waals surface area contributed by atoms with Crippen LogP contribution in [0.15, 0.2) is 24.5 Å². The molecule has 0 saturated heterocycles.